The number of carbonyl (C=O) groups excluding carboxylic acids is 1. The Morgan fingerprint density at radius 3 is 2.71 bits per heavy atom. The van der Waals surface area contributed by atoms with E-state index in [-0.39, 0.29) is 5.91 Å². The molecule has 0 radical (unpaired) electrons. The van der Waals surface area contributed by atoms with Crippen molar-refractivity contribution in [2.75, 3.05) is 11.9 Å². The third-order valence-corrected chi connectivity index (χ3v) is 2.23. The molecule has 3 nitrogen and oxygen atoms in total. The van der Waals surface area contributed by atoms with Gasteiger partial charge in [0.1, 0.15) is 0 Å². The molecule has 0 aliphatic rings. The summed E-state index contributed by atoms with van der Waals surface area (Å²) < 4.78 is 24.7. The van der Waals surface area contributed by atoms with Gasteiger partial charge in [0.25, 0.3) is 12.3 Å². The summed E-state index contributed by atoms with van der Waals surface area (Å²) in [4.78, 5) is 11.5. The molecule has 1 rings (SSSR count). The van der Waals surface area contributed by atoms with E-state index in [1.165, 1.54) is 6.92 Å². The van der Waals surface area contributed by atoms with E-state index in [0.29, 0.717) is 17.8 Å². The lowest BCUT2D eigenvalue weighted by Crippen LogP contribution is -2.25. The van der Waals surface area contributed by atoms with Gasteiger partial charge >= 0.3 is 0 Å². The van der Waals surface area contributed by atoms with Crippen molar-refractivity contribution in [3.05, 3.63) is 29.8 Å². The molecule has 1 aromatic carbocycles. The first-order chi connectivity index (χ1) is 8.04. The Bertz CT molecular complexity index is 383. The monoisotopic (exact) mass is 242 g/mol. The van der Waals surface area contributed by atoms with Gasteiger partial charge in [-0.15, -0.1) is 0 Å². The maximum absolute atomic E-state index is 12.4. The van der Waals surface area contributed by atoms with Crippen molar-refractivity contribution in [3.63, 3.8) is 0 Å². The maximum atomic E-state index is 12.4. The molecule has 0 spiro atoms. The van der Waals surface area contributed by atoms with Gasteiger partial charge in [-0.2, -0.15) is 0 Å². The number of benzene rings is 1. The molecule has 0 aromatic heterocycles. The SMILES string of the molecule is CCNC(=O)c1cccc(NC(C)C(F)F)c1. The van der Waals surface area contributed by atoms with Gasteiger partial charge in [0, 0.05) is 17.8 Å². The summed E-state index contributed by atoms with van der Waals surface area (Å²) in [7, 11) is 0. The second-order valence-corrected chi connectivity index (χ2v) is 3.71. The molecular formula is C12H16F2N2O. The van der Waals surface area contributed by atoms with Crippen LogP contribution in [-0.4, -0.2) is 24.9 Å². The van der Waals surface area contributed by atoms with Crippen LogP contribution in [0.15, 0.2) is 24.3 Å². The van der Waals surface area contributed by atoms with Crippen LogP contribution in [0.5, 0.6) is 0 Å². The molecule has 1 atom stereocenters. The lowest BCUT2D eigenvalue weighted by atomic mass is 10.1. The highest BCUT2D eigenvalue weighted by Gasteiger charge is 2.14. The van der Waals surface area contributed by atoms with E-state index in [1.54, 1.807) is 24.3 Å². The normalized spacial score (nSPS) is 12.3. The lowest BCUT2D eigenvalue weighted by molar-refractivity contribution is 0.0956. The number of alkyl halides is 2. The van der Waals surface area contributed by atoms with Gasteiger partial charge in [0.2, 0.25) is 0 Å². The first-order valence-corrected chi connectivity index (χ1v) is 5.47. The van der Waals surface area contributed by atoms with Gasteiger partial charge in [-0.3, -0.25) is 4.79 Å². The van der Waals surface area contributed by atoms with Crippen molar-refractivity contribution in [1.82, 2.24) is 5.32 Å². The van der Waals surface area contributed by atoms with E-state index < -0.39 is 12.5 Å². The van der Waals surface area contributed by atoms with Crippen LogP contribution in [0.3, 0.4) is 0 Å². The Labute approximate surface area is 99.2 Å². The van der Waals surface area contributed by atoms with Crippen LogP contribution in [0, 0.1) is 0 Å². The average Bonchev–Trinajstić information content (AvgIpc) is 2.29. The summed E-state index contributed by atoms with van der Waals surface area (Å²) in [5, 5.41) is 5.30. The zero-order chi connectivity index (χ0) is 12.8. The molecule has 0 bridgehead atoms. The smallest absolute Gasteiger partial charge is 0.258 e. The predicted octanol–water partition coefficient (Wildman–Crippen LogP) is 2.50. The van der Waals surface area contributed by atoms with Crippen LogP contribution in [-0.2, 0) is 0 Å². The zero-order valence-corrected chi connectivity index (χ0v) is 9.84. The molecule has 2 N–H and O–H groups in total. The first kappa shape index (κ1) is 13.4. The zero-order valence-electron chi connectivity index (χ0n) is 9.84. The van der Waals surface area contributed by atoms with Crippen molar-refractivity contribution in [3.8, 4) is 0 Å². The highest BCUT2D eigenvalue weighted by molar-refractivity contribution is 5.95. The molecule has 17 heavy (non-hydrogen) atoms. The topological polar surface area (TPSA) is 41.1 Å². The second kappa shape index (κ2) is 6.18. The van der Waals surface area contributed by atoms with Crippen molar-refractivity contribution in [2.45, 2.75) is 26.3 Å². The minimum atomic E-state index is -2.44. The van der Waals surface area contributed by atoms with E-state index in [2.05, 4.69) is 10.6 Å². The van der Waals surface area contributed by atoms with Gasteiger partial charge in [-0.25, -0.2) is 8.78 Å². The van der Waals surface area contributed by atoms with E-state index in [1.807, 2.05) is 6.92 Å². The average molecular weight is 242 g/mol. The molecule has 0 heterocycles. The maximum Gasteiger partial charge on any atom is 0.258 e. The number of hydrogen-bond acceptors (Lipinski definition) is 2. The van der Waals surface area contributed by atoms with Crippen LogP contribution in [0.4, 0.5) is 14.5 Å². The summed E-state index contributed by atoms with van der Waals surface area (Å²) in [6.07, 6.45) is -2.44. The molecule has 0 aliphatic heterocycles. The van der Waals surface area contributed by atoms with Crippen LogP contribution in [0.2, 0.25) is 0 Å². The highest BCUT2D eigenvalue weighted by atomic mass is 19.3. The number of rotatable bonds is 5. The number of amides is 1. The summed E-state index contributed by atoms with van der Waals surface area (Å²) in [5.41, 5.74) is 0.972. The van der Waals surface area contributed by atoms with Gasteiger partial charge in [0.05, 0.1) is 6.04 Å². The molecular weight excluding hydrogens is 226 g/mol. The molecule has 1 aromatic rings. The Morgan fingerprint density at radius 2 is 2.12 bits per heavy atom. The minimum absolute atomic E-state index is 0.208. The molecule has 0 aliphatic carbocycles. The molecule has 1 amide bonds. The molecule has 94 valence electrons. The van der Waals surface area contributed by atoms with Crippen molar-refractivity contribution < 1.29 is 13.6 Å². The van der Waals surface area contributed by atoms with Gasteiger partial charge in [-0.1, -0.05) is 6.07 Å². The number of carbonyl (C=O) groups is 1. The summed E-state index contributed by atoms with van der Waals surface area (Å²) in [6, 6.07) is 5.57. The van der Waals surface area contributed by atoms with Crippen molar-refractivity contribution in [2.24, 2.45) is 0 Å². The Kier molecular flexibility index (Phi) is 4.87. The fraction of sp³-hybridized carbons (Fsp3) is 0.417. The van der Waals surface area contributed by atoms with Crippen molar-refractivity contribution >= 4 is 11.6 Å². The Balaban J connectivity index is 2.75. The number of halogens is 2. The Morgan fingerprint density at radius 1 is 1.41 bits per heavy atom. The highest BCUT2D eigenvalue weighted by Crippen LogP contribution is 2.14. The summed E-state index contributed by atoms with van der Waals surface area (Å²) in [6.45, 7) is 3.74. The van der Waals surface area contributed by atoms with Crippen LogP contribution in [0.25, 0.3) is 0 Å². The van der Waals surface area contributed by atoms with Gasteiger partial charge < -0.3 is 10.6 Å². The molecule has 1 unspecified atom stereocenters. The van der Waals surface area contributed by atoms with E-state index in [0.717, 1.165) is 0 Å². The lowest BCUT2D eigenvalue weighted by Gasteiger charge is -2.14. The predicted molar refractivity (Wildman–Crippen MR) is 63.5 cm³/mol. The molecule has 0 fully saturated rings. The standard InChI is InChI=1S/C12H16F2N2O/c1-3-15-12(17)9-5-4-6-10(7-9)16-8(2)11(13)14/h4-8,11,16H,3H2,1-2H3,(H,15,17). The fourth-order valence-corrected chi connectivity index (χ4v) is 1.34. The van der Waals surface area contributed by atoms with Crippen LogP contribution >= 0.6 is 0 Å². The fourth-order valence-electron chi connectivity index (χ4n) is 1.34. The Hall–Kier alpha value is -1.65. The second-order valence-electron chi connectivity index (χ2n) is 3.71. The number of nitrogens with one attached hydrogen (secondary N) is 2. The van der Waals surface area contributed by atoms with E-state index in [9.17, 15) is 13.6 Å². The summed E-state index contributed by atoms with van der Waals surface area (Å²) >= 11 is 0. The van der Waals surface area contributed by atoms with E-state index >= 15 is 0 Å². The third kappa shape index (κ3) is 4.01. The van der Waals surface area contributed by atoms with E-state index in [4.69, 9.17) is 0 Å². The van der Waals surface area contributed by atoms with Crippen LogP contribution in [0.1, 0.15) is 24.2 Å². The largest absolute Gasteiger partial charge is 0.377 e. The van der Waals surface area contributed by atoms with Crippen molar-refractivity contribution in [1.29, 1.82) is 0 Å². The quantitative estimate of drug-likeness (QED) is 0.833. The molecule has 0 saturated heterocycles. The third-order valence-electron chi connectivity index (χ3n) is 2.23. The minimum Gasteiger partial charge on any atom is -0.377 e. The van der Waals surface area contributed by atoms with Gasteiger partial charge in [-0.05, 0) is 32.0 Å². The van der Waals surface area contributed by atoms with Gasteiger partial charge in [0.15, 0.2) is 0 Å². The first-order valence-electron chi connectivity index (χ1n) is 5.47. The number of anilines is 1. The van der Waals surface area contributed by atoms with Crippen LogP contribution < -0.4 is 10.6 Å². The molecule has 0 saturated carbocycles. The molecule has 5 heteroatoms. The summed E-state index contributed by atoms with van der Waals surface area (Å²) in [5.74, 6) is -0.208. The number of hydrogen-bond donors (Lipinski definition) is 2.